The Kier molecular flexibility index (Phi) is 21.6. The van der Waals surface area contributed by atoms with Gasteiger partial charge < -0.3 is 14.9 Å². The Labute approximate surface area is 324 Å². The largest absolute Gasteiger partial charge is 1.00 e. The smallest absolute Gasteiger partial charge is 1.00 e. The number of rotatable bonds is 3. The van der Waals surface area contributed by atoms with Crippen LogP contribution in [0.15, 0.2) is 55.0 Å². The number of halogens is 13. The second kappa shape index (κ2) is 19.9. The van der Waals surface area contributed by atoms with E-state index in [1.54, 1.807) is 12.1 Å². The number of ketones is 1. The first-order valence-electron chi connectivity index (χ1n) is 11.2. The summed E-state index contributed by atoms with van der Waals surface area (Å²) in [6.45, 7) is 3.01. The maximum absolute atomic E-state index is 12.3. The maximum Gasteiger partial charge on any atom is 1.00 e. The number of hydrogen-bond donors (Lipinski definition) is 2. The molecule has 3 aromatic heterocycles. The normalized spacial score (nSPS) is 13.6. The molecular weight excluding hydrogens is 820 g/mol. The number of carbonyl (C=O) groups excluding carboxylic acids is 1. The summed E-state index contributed by atoms with van der Waals surface area (Å²) in [5.74, 6) is 0.00398. The van der Waals surface area contributed by atoms with Gasteiger partial charge in [0.05, 0.1) is 0 Å². The van der Waals surface area contributed by atoms with Gasteiger partial charge >= 0.3 is 87.4 Å². The third kappa shape index (κ3) is 18.4. The van der Waals surface area contributed by atoms with Crippen LogP contribution >= 0.6 is 34.8 Å². The Hall–Kier alpha value is -0.738. The van der Waals surface area contributed by atoms with Crippen molar-refractivity contribution < 1.29 is 128 Å². The van der Waals surface area contributed by atoms with Gasteiger partial charge in [0.15, 0.2) is 17.0 Å². The number of pyridine rings is 3. The quantitative estimate of drug-likeness (QED) is 0.240. The standard InChI is InChI=1S/2C8H7ClF3NO.C7H6ClNO.C2H3F3.Cs.FH/c2*1-7(14,8(10,11)12)5-2-3-13-6(9)4-5;1-5(10)6-2-3-9-7(8)4-6;1-2(3,4)5;;/h2*2-4,14H,1H3;2-4H,1H3;1H3;;1H/q;;;;+1;/p-1/t2*7-;;;;/m10..../s1. The van der Waals surface area contributed by atoms with Crippen LogP contribution in [0.1, 0.15) is 49.2 Å². The van der Waals surface area contributed by atoms with Crippen molar-refractivity contribution >= 4 is 40.6 Å². The first-order valence-corrected chi connectivity index (χ1v) is 12.3. The Morgan fingerprint density at radius 3 is 1.11 bits per heavy atom. The third-order valence-electron chi connectivity index (χ3n) is 4.81. The summed E-state index contributed by atoms with van der Waals surface area (Å²) in [5, 5.41) is 18.6. The minimum absolute atomic E-state index is 0. The summed E-state index contributed by atoms with van der Waals surface area (Å²) >= 11 is 16.3. The van der Waals surface area contributed by atoms with Gasteiger partial charge in [-0.15, -0.1) is 0 Å². The predicted molar refractivity (Wildman–Crippen MR) is 141 cm³/mol. The Morgan fingerprint density at radius 1 is 0.644 bits per heavy atom. The van der Waals surface area contributed by atoms with E-state index in [0.29, 0.717) is 24.6 Å². The van der Waals surface area contributed by atoms with E-state index < -0.39 is 29.7 Å². The monoisotopic (exact) mass is 841 g/mol. The van der Waals surface area contributed by atoms with Crippen molar-refractivity contribution in [3.8, 4) is 0 Å². The van der Waals surface area contributed by atoms with Gasteiger partial charge in [0.2, 0.25) is 0 Å². The third-order valence-corrected chi connectivity index (χ3v) is 5.43. The number of aromatic nitrogens is 3. The topological polar surface area (TPSA) is 96.2 Å². The molecule has 2 atom stereocenters. The van der Waals surface area contributed by atoms with Crippen molar-refractivity contribution in [1.82, 2.24) is 15.0 Å². The molecule has 0 radical (unpaired) electrons. The van der Waals surface area contributed by atoms with E-state index in [9.17, 15) is 54.5 Å². The van der Waals surface area contributed by atoms with Crippen molar-refractivity contribution in [1.29, 1.82) is 0 Å². The predicted octanol–water partition coefficient (Wildman–Crippen LogP) is 2.52. The molecule has 0 saturated heterocycles. The van der Waals surface area contributed by atoms with Gasteiger partial charge in [-0.05, 0) is 68.3 Å². The van der Waals surface area contributed by atoms with Crippen LogP contribution in [0, 0.1) is 0 Å². The summed E-state index contributed by atoms with van der Waals surface area (Å²) in [6, 6.07) is 7.28. The molecule has 248 valence electrons. The molecule has 0 bridgehead atoms. The van der Waals surface area contributed by atoms with Crippen molar-refractivity contribution in [3.63, 3.8) is 0 Å². The Balaban J connectivity index is -0.000000541. The molecule has 20 heteroatoms. The van der Waals surface area contributed by atoms with Crippen LogP contribution in [0.3, 0.4) is 0 Å². The van der Waals surface area contributed by atoms with E-state index in [0.717, 1.165) is 36.7 Å². The number of hydrogen-bond acceptors (Lipinski definition) is 6. The summed E-state index contributed by atoms with van der Waals surface area (Å²) in [4.78, 5) is 21.5. The number of Topliss-reactive ketones (excluding diaryl/α,β-unsaturated/α-hetero) is 1. The molecule has 0 fully saturated rings. The average Bonchev–Trinajstić information content (AvgIpc) is 2.82. The molecule has 0 aliphatic heterocycles. The molecule has 3 aromatic rings. The molecule has 0 spiro atoms. The molecule has 3 heterocycles. The molecule has 3 rings (SSSR count). The minimum Gasteiger partial charge on any atom is -1.00 e. The van der Waals surface area contributed by atoms with Crippen LogP contribution in [0.4, 0.5) is 39.5 Å². The van der Waals surface area contributed by atoms with Crippen molar-refractivity contribution in [2.24, 2.45) is 0 Å². The molecule has 45 heavy (non-hydrogen) atoms. The minimum atomic E-state index is -4.74. The molecular formula is C25H23Cl3CsF10N3O3. The summed E-state index contributed by atoms with van der Waals surface area (Å²) < 4.78 is 105. The van der Waals surface area contributed by atoms with E-state index in [1.165, 1.54) is 13.1 Å². The second-order valence-electron chi connectivity index (χ2n) is 8.58. The van der Waals surface area contributed by atoms with Crippen molar-refractivity contribution in [2.75, 3.05) is 0 Å². The molecule has 0 aliphatic carbocycles. The first-order chi connectivity index (χ1) is 19.2. The van der Waals surface area contributed by atoms with E-state index in [4.69, 9.17) is 34.8 Å². The zero-order chi connectivity index (χ0) is 34.0. The van der Waals surface area contributed by atoms with Gasteiger partial charge in [-0.25, -0.2) is 15.0 Å². The zero-order valence-electron chi connectivity index (χ0n) is 23.8. The number of nitrogens with zero attached hydrogens (tertiary/aromatic N) is 3. The van der Waals surface area contributed by atoms with Crippen LogP contribution in [0.5, 0.6) is 0 Å². The zero-order valence-corrected chi connectivity index (χ0v) is 32.3. The number of alkyl halides is 9. The molecule has 6 nitrogen and oxygen atoms in total. The van der Waals surface area contributed by atoms with E-state index in [2.05, 4.69) is 15.0 Å². The molecule has 0 aromatic carbocycles. The summed E-state index contributed by atoms with van der Waals surface area (Å²) in [6.07, 6.45) is -9.75. The summed E-state index contributed by atoms with van der Waals surface area (Å²) in [5.41, 5.74) is -5.87. The fraction of sp³-hybridized carbons (Fsp3) is 0.360. The van der Waals surface area contributed by atoms with Crippen LogP contribution < -0.4 is 73.6 Å². The molecule has 2 N–H and O–H groups in total. The van der Waals surface area contributed by atoms with E-state index in [-0.39, 0.29) is 108 Å². The van der Waals surface area contributed by atoms with Crippen LogP contribution in [-0.4, -0.2) is 49.5 Å². The molecule has 0 unspecified atom stereocenters. The van der Waals surface area contributed by atoms with E-state index >= 15 is 0 Å². The first kappa shape index (κ1) is 48.7. The molecule has 0 saturated carbocycles. The fourth-order valence-electron chi connectivity index (χ4n) is 2.36. The fourth-order valence-corrected chi connectivity index (χ4v) is 2.88. The van der Waals surface area contributed by atoms with Gasteiger partial charge in [0.1, 0.15) is 15.5 Å². The van der Waals surface area contributed by atoms with Gasteiger partial charge in [0, 0.05) is 31.1 Å². The average molecular weight is 843 g/mol. The van der Waals surface area contributed by atoms with Crippen molar-refractivity contribution in [3.05, 3.63) is 87.1 Å². The Bertz CT molecular complexity index is 1270. The molecule has 0 aliphatic rings. The van der Waals surface area contributed by atoms with Crippen LogP contribution in [-0.2, 0) is 11.2 Å². The van der Waals surface area contributed by atoms with Gasteiger partial charge in [-0.2, -0.15) is 39.5 Å². The number of aliphatic hydroxyl groups is 2. The molecule has 0 amide bonds. The second-order valence-corrected chi connectivity index (χ2v) is 9.74. The van der Waals surface area contributed by atoms with Crippen LogP contribution in [0.25, 0.3) is 0 Å². The summed E-state index contributed by atoms with van der Waals surface area (Å²) in [7, 11) is 0. The van der Waals surface area contributed by atoms with Gasteiger partial charge in [-0.1, -0.05) is 34.8 Å². The maximum atomic E-state index is 12.3. The SMILES string of the molecule is CC(=O)c1ccnc(Cl)c1.CC(F)(F)F.C[C@@](O)(c1ccnc(Cl)c1)C(F)(F)F.C[C@](O)(c1ccnc(Cl)c1)C(F)(F)F.[Cs+].[F-]. The van der Waals surface area contributed by atoms with Crippen molar-refractivity contribution in [2.45, 2.75) is 57.4 Å². The Morgan fingerprint density at radius 2 is 0.911 bits per heavy atom. The van der Waals surface area contributed by atoms with Crippen LogP contribution in [0.2, 0.25) is 15.5 Å². The van der Waals surface area contributed by atoms with Gasteiger partial charge in [0.25, 0.3) is 0 Å². The van der Waals surface area contributed by atoms with Gasteiger partial charge in [-0.3, -0.25) is 4.79 Å². The number of carbonyl (C=O) groups is 1. The van der Waals surface area contributed by atoms with E-state index in [1.807, 2.05) is 0 Å².